The molecule has 1 rings (SSSR count). The number of nitrogens with one attached hydrogen (secondary N) is 1. The van der Waals surface area contributed by atoms with Crippen LogP contribution in [0.25, 0.3) is 0 Å². The maximum Gasteiger partial charge on any atom is 0.454 e. The molecule has 15 heavy (non-hydrogen) atoms. The molecule has 1 aromatic rings. The van der Waals surface area contributed by atoms with E-state index < -0.39 is 17.5 Å². The maximum absolute atomic E-state index is 12.2. The molecule has 0 aliphatic heterocycles. The molecule has 0 saturated heterocycles. The molecule has 7 heteroatoms. The summed E-state index contributed by atoms with van der Waals surface area (Å²) in [6.45, 7) is 0. The third-order valence-electron chi connectivity index (χ3n) is 1.64. The highest BCUT2D eigenvalue weighted by Gasteiger charge is 2.40. The number of hydrogen-bond acceptors (Lipinski definition) is 2. The van der Waals surface area contributed by atoms with E-state index in [9.17, 15) is 18.0 Å². The molecule has 82 valence electrons. The summed E-state index contributed by atoms with van der Waals surface area (Å²) in [5.74, 6) is -1.92. The monoisotopic (exact) mass is 255 g/mol. The largest absolute Gasteiger partial charge is 0.454 e. The summed E-state index contributed by atoms with van der Waals surface area (Å²) in [7, 11) is 2.02. The number of carbonyl (C=O) groups is 1. The Morgan fingerprint density at radius 1 is 1.40 bits per heavy atom. The van der Waals surface area contributed by atoms with Crippen molar-refractivity contribution in [3.8, 4) is 0 Å². The van der Waals surface area contributed by atoms with E-state index in [1.165, 1.54) is 12.1 Å². The Morgan fingerprint density at radius 2 is 2.00 bits per heavy atom. The van der Waals surface area contributed by atoms with Crippen molar-refractivity contribution in [2.75, 3.05) is 5.09 Å². The molecule has 0 amide bonds. The van der Waals surface area contributed by atoms with Crippen molar-refractivity contribution in [2.45, 2.75) is 6.18 Å². The van der Waals surface area contributed by atoms with E-state index in [1.807, 2.05) is 9.39 Å². The van der Waals surface area contributed by atoms with Gasteiger partial charge < -0.3 is 5.09 Å². The minimum atomic E-state index is -4.90. The van der Waals surface area contributed by atoms with Crippen molar-refractivity contribution in [2.24, 2.45) is 0 Å². The molecule has 0 spiro atoms. The first-order valence-corrected chi connectivity index (χ1v) is 4.69. The third kappa shape index (κ3) is 2.83. The highest BCUT2D eigenvalue weighted by molar-refractivity contribution is 7.18. The van der Waals surface area contributed by atoms with Gasteiger partial charge in [-0.2, -0.15) is 13.2 Å². The molecule has 2 nitrogen and oxygen atoms in total. The van der Waals surface area contributed by atoms with Crippen LogP contribution in [0, 0.1) is 0 Å². The van der Waals surface area contributed by atoms with Gasteiger partial charge in [0.2, 0.25) is 0 Å². The number of rotatable bonds is 2. The molecule has 0 saturated carbocycles. The Labute approximate surface area is 91.1 Å². The van der Waals surface area contributed by atoms with Crippen LogP contribution in [0.3, 0.4) is 0 Å². The summed E-state index contributed by atoms with van der Waals surface area (Å²) in [6, 6.07) is 3.67. The van der Waals surface area contributed by atoms with Crippen LogP contribution in [0.2, 0.25) is 5.02 Å². The van der Waals surface area contributed by atoms with E-state index in [2.05, 4.69) is 5.09 Å². The molecular formula is C8H6ClF3NOP. The average Bonchev–Trinajstić information content (AvgIpc) is 2.15. The minimum absolute atomic E-state index is 0.0618. The highest BCUT2D eigenvalue weighted by atomic mass is 35.5. The summed E-state index contributed by atoms with van der Waals surface area (Å²) in [6.07, 6.45) is -4.90. The van der Waals surface area contributed by atoms with Crippen LogP contribution in [-0.2, 0) is 0 Å². The summed E-state index contributed by atoms with van der Waals surface area (Å²) in [4.78, 5) is 11.0. The van der Waals surface area contributed by atoms with Crippen LogP contribution in [0.5, 0.6) is 0 Å². The van der Waals surface area contributed by atoms with Gasteiger partial charge in [0.1, 0.15) is 0 Å². The van der Waals surface area contributed by atoms with E-state index in [0.29, 0.717) is 0 Å². The molecule has 0 radical (unpaired) electrons. The fourth-order valence-corrected chi connectivity index (χ4v) is 1.41. The lowest BCUT2D eigenvalue weighted by Gasteiger charge is -2.10. The van der Waals surface area contributed by atoms with Gasteiger partial charge in [-0.15, -0.1) is 0 Å². The Hall–Kier alpha value is -0.800. The second-order valence-electron chi connectivity index (χ2n) is 2.66. The first-order chi connectivity index (χ1) is 6.86. The van der Waals surface area contributed by atoms with E-state index >= 15 is 0 Å². The first-order valence-electron chi connectivity index (χ1n) is 3.74. The van der Waals surface area contributed by atoms with Gasteiger partial charge in [-0.1, -0.05) is 11.6 Å². The summed E-state index contributed by atoms with van der Waals surface area (Å²) in [5.41, 5.74) is -0.434. The quantitative estimate of drug-likeness (QED) is 0.649. The highest BCUT2D eigenvalue weighted by Crippen LogP contribution is 2.29. The fourth-order valence-electron chi connectivity index (χ4n) is 0.983. The van der Waals surface area contributed by atoms with E-state index in [1.54, 1.807) is 0 Å². The number of hydrogen-bond donors (Lipinski definition) is 1. The number of carbonyl (C=O) groups excluding carboxylic acids is 1. The van der Waals surface area contributed by atoms with Crippen molar-refractivity contribution in [1.29, 1.82) is 0 Å². The van der Waals surface area contributed by atoms with Gasteiger partial charge in [0.05, 0.1) is 5.56 Å². The minimum Gasteiger partial charge on any atom is -0.369 e. The molecule has 0 aliphatic rings. The van der Waals surface area contributed by atoms with Crippen LogP contribution < -0.4 is 5.09 Å². The molecule has 0 bridgehead atoms. The van der Waals surface area contributed by atoms with Crippen LogP contribution in [0.15, 0.2) is 18.2 Å². The van der Waals surface area contributed by atoms with E-state index in [4.69, 9.17) is 11.6 Å². The van der Waals surface area contributed by atoms with Gasteiger partial charge in [0, 0.05) is 10.7 Å². The molecule has 1 atom stereocenters. The van der Waals surface area contributed by atoms with Crippen LogP contribution >= 0.6 is 21.0 Å². The van der Waals surface area contributed by atoms with Gasteiger partial charge in [0.25, 0.3) is 5.78 Å². The third-order valence-corrected chi connectivity index (χ3v) is 2.19. The summed E-state index contributed by atoms with van der Waals surface area (Å²) < 4.78 is 36.5. The van der Waals surface area contributed by atoms with E-state index in [-0.39, 0.29) is 10.7 Å². The molecule has 0 aromatic heterocycles. The van der Waals surface area contributed by atoms with Gasteiger partial charge >= 0.3 is 6.18 Å². The molecule has 1 N–H and O–H groups in total. The summed E-state index contributed by atoms with van der Waals surface area (Å²) in [5, 5.41) is 2.49. The zero-order valence-electron chi connectivity index (χ0n) is 7.23. The van der Waals surface area contributed by atoms with Crippen LogP contribution in [0.1, 0.15) is 10.4 Å². The Bertz CT molecular complexity index is 394. The predicted molar refractivity (Wildman–Crippen MR) is 55.2 cm³/mol. The van der Waals surface area contributed by atoms with Crippen molar-refractivity contribution >= 4 is 32.5 Å². The fraction of sp³-hybridized carbons (Fsp3) is 0.125. The topological polar surface area (TPSA) is 29.1 Å². The number of benzene rings is 1. The van der Waals surface area contributed by atoms with Crippen LogP contribution in [-0.4, -0.2) is 12.0 Å². The molecular weight excluding hydrogens is 250 g/mol. The molecule has 0 fully saturated rings. The maximum atomic E-state index is 12.2. The normalized spacial score (nSPS) is 11.3. The van der Waals surface area contributed by atoms with Gasteiger partial charge in [0.15, 0.2) is 0 Å². The Balaban J connectivity index is 3.23. The Morgan fingerprint density at radius 3 is 2.47 bits per heavy atom. The Kier molecular flexibility index (Phi) is 3.58. The zero-order valence-corrected chi connectivity index (χ0v) is 9.14. The predicted octanol–water partition coefficient (Wildman–Crippen LogP) is 3.29. The van der Waals surface area contributed by atoms with E-state index in [0.717, 1.165) is 6.07 Å². The number of halogens is 4. The second kappa shape index (κ2) is 4.37. The number of anilines is 1. The molecule has 0 aliphatic carbocycles. The van der Waals surface area contributed by atoms with Crippen molar-refractivity contribution in [3.63, 3.8) is 0 Å². The smallest absolute Gasteiger partial charge is 0.369 e. The lowest BCUT2D eigenvalue weighted by Crippen LogP contribution is -2.23. The lowest BCUT2D eigenvalue weighted by atomic mass is 10.1. The van der Waals surface area contributed by atoms with Crippen molar-refractivity contribution < 1.29 is 18.0 Å². The van der Waals surface area contributed by atoms with Gasteiger partial charge in [-0.05, 0) is 27.6 Å². The zero-order chi connectivity index (χ0) is 11.6. The second-order valence-corrected chi connectivity index (χ2v) is 3.39. The number of Topliss-reactive ketones (excluding diaryl/α,β-unsaturated/α-hetero) is 1. The molecule has 1 aromatic carbocycles. The standard InChI is InChI=1S/C8H6ClF3NOP/c9-4-1-2-6(13-15)5(3-4)7(14)8(10,11)12/h1-3,13H,15H2. The van der Waals surface area contributed by atoms with Crippen molar-refractivity contribution in [3.05, 3.63) is 28.8 Å². The average molecular weight is 256 g/mol. The van der Waals surface area contributed by atoms with Crippen molar-refractivity contribution in [1.82, 2.24) is 0 Å². The van der Waals surface area contributed by atoms with Gasteiger partial charge in [-0.3, -0.25) is 4.79 Å². The number of alkyl halides is 3. The number of ketones is 1. The lowest BCUT2D eigenvalue weighted by molar-refractivity contribution is -0.0884. The SMILES string of the molecule is O=C(c1cc(Cl)ccc1NP)C(F)(F)F. The molecule has 1 unspecified atom stereocenters. The first kappa shape index (κ1) is 12.3. The summed E-state index contributed by atoms with van der Waals surface area (Å²) >= 11 is 5.51. The molecule has 0 heterocycles. The van der Waals surface area contributed by atoms with Gasteiger partial charge in [-0.25, -0.2) is 0 Å². The van der Waals surface area contributed by atoms with Crippen LogP contribution in [0.4, 0.5) is 18.9 Å².